The lowest BCUT2D eigenvalue weighted by Crippen LogP contribution is -2.32. The minimum absolute atomic E-state index is 0. The SMILES string of the molecule is CCNC(C(N)=S)c1cccnc1.Cl.Cl. The van der Waals surface area contributed by atoms with Crippen LogP contribution < -0.4 is 11.1 Å². The first-order chi connectivity index (χ1) is 6.25. The van der Waals surface area contributed by atoms with Gasteiger partial charge in [0.2, 0.25) is 0 Å². The Bertz CT molecular complexity index is 282. The van der Waals surface area contributed by atoms with E-state index in [1.807, 2.05) is 19.1 Å². The molecule has 1 rings (SSSR count). The van der Waals surface area contributed by atoms with Crippen LogP contribution in [-0.2, 0) is 0 Å². The van der Waals surface area contributed by atoms with Gasteiger partial charge in [-0.25, -0.2) is 0 Å². The number of hydrogen-bond acceptors (Lipinski definition) is 3. The van der Waals surface area contributed by atoms with E-state index in [9.17, 15) is 0 Å². The smallest absolute Gasteiger partial charge is 0.0946 e. The van der Waals surface area contributed by atoms with Crippen LogP contribution in [0.1, 0.15) is 18.5 Å². The Hall–Kier alpha value is -0.420. The third-order valence-corrected chi connectivity index (χ3v) is 1.95. The number of nitrogens with zero attached hydrogens (tertiary/aromatic N) is 1. The standard InChI is InChI=1S/C9H13N3S.2ClH/c1-2-12-8(9(10)13)7-4-3-5-11-6-7;;/h3-6,8,12H,2H2,1H3,(H2,10,13);2*1H. The lowest BCUT2D eigenvalue weighted by Gasteiger charge is -2.15. The third kappa shape index (κ3) is 5.28. The summed E-state index contributed by atoms with van der Waals surface area (Å²) in [4.78, 5) is 4.47. The van der Waals surface area contributed by atoms with Crippen LogP contribution in [-0.4, -0.2) is 16.5 Å². The van der Waals surface area contributed by atoms with Crippen LogP contribution in [0.4, 0.5) is 0 Å². The highest BCUT2D eigenvalue weighted by atomic mass is 35.5. The predicted molar refractivity (Wildman–Crippen MR) is 71.9 cm³/mol. The van der Waals surface area contributed by atoms with Gasteiger partial charge in [-0.05, 0) is 18.2 Å². The van der Waals surface area contributed by atoms with E-state index in [1.165, 1.54) is 0 Å². The molecule has 0 fully saturated rings. The van der Waals surface area contributed by atoms with E-state index in [1.54, 1.807) is 12.4 Å². The highest BCUT2D eigenvalue weighted by Gasteiger charge is 2.12. The van der Waals surface area contributed by atoms with Gasteiger partial charge >= 0.3 is 0 Å². The quantitative estimate of drug-likeness (QED) is 0.818. The molecule has 0 aromatic carbocycles. The molecule has 1 aromatic heterocycles. The van der Waals surface area contributed by atoms with E-state index in [-0.39, 0.29) is 30.9 Å². The van der Waals surface area contributed by atoms with Gasteiger partial charge in [0.1, 0.15) is 0 Å². The number of nitrogens with one attached hydrogen (secondary N) is 1. The van der Waals surface area contributed by atoms with Crippen molar-refractivity contribution in [2.24, 2.45) is 5.73 Å². The van der Waals surface area contributed by atoms with Crippen LogP contribution in [0, 0.1) is 0 Å². The molecule has 1 unspecified atom stereocenters. The topological polar surface area (TPSA) is 50.9 Å². The molecule has 0 aliphatic rings. The van der Waals surface area contributed by atoms with Gasteiger partial charge in [0.05, 0.1) is 11.0 Å². The minimum Gasteiger partial charge on any atom is -0.392 e. The molecule has 1 heterocycles. The molecule has 0 bridgehead atoms. The molecule has 0 amide bonds. The van der Waals surface area contributed by atoms with Crippen LogP contribution in [0.2, 0.25) is 0 Å². The number of thiocarbonyl (C=S) groups is 1. The second-order valence-corrected chi connectivity index (χ2v) is 3.15. The molecular weight excluding hydrogens is 253 g/mol. The van der Waals surface area contributed by atoms with Crippen molar-refractivity contribution >= 4 is 42.0 Å². The van der Waals surface area contributed by atoms with E-state index in [0.717, 1.165) is 12.1 Å². The van der Waals surface area contributed by atoms with Gasteiger partial charge in [0.25, 0.3) is 0 Å². The maximum Gasteiger partial charge on any atom is 0.0946 e. The maximum absolute atomic E-state index is 5.60. The van der Waals surface area contributed by atoms with Gasteiger partial charge in [-0.15, -0.1) is 24.8 Å². The average molecular weight is 268 g/mol. The summed E-state index contributed by atoms with van der Waals surface area (Å²) in [5.74, 6) is 0. The lowest BCUT2D eigenvalue weighted by molar-refractivity contribution is 0.676. The fraction of sp³-hybridized carbons (Fsp3) is 0.333. The molecule has 86 valence electrons. The summed E-state index contributed by atoms with van der Waals surface area (Å²) in [6.45, 7) is 2.85. The molecule has 1 aromatic rings. The predicted octanol–water partition coefficient (Wildman–Crippen LogP) is 1.86. The zero-order chi connectivity index (χ0) is 9.68. The van der Waals surface area contributed by atoms with Crippen molar-refractivity contribution in [1.82, 2.24) is 10.3 Å². The van der Waals surface area contributed by atoms with Gasteiger partial charge in [-0.1, -0.05) is 25.2 Å². The van der Waals surface area contributed by atoms with Crippen molar-refractivity contribution in [1.29, 1.82) is 0 Å². The Morgan fingerprint density at radius 1 is 1.60 bits per heavy atom. The largest absolute Gasteiger partial charge is 0.392 e. The van der Waals surface area contributed by atoms with Crippen molar-refractivity contribution < 1.29 is 0 Å². The normalized spacial score (nSPS) is 10.7. The number of hydrogen-bond donors (Lipinski definition) is 2. The fourth-order valence-electron chi connectivity index (χ4n) is 1.13. The van der Waals surface area contributed by atoms with E-state index >= 15 is 0 Å². The van der Waals surface area contributed by atoms with Crippen molar-refractivity contribution in [3.8, 4) is 0 Å². The van der Waals surface area contributed by atoms with E-state index < -0.39 is 0 Å². The first kappa shape index (κ1) is 17.0. The summed E-state index contributed by atoms with van der Waals surface area (Å²) < 4.78 is 0. The number of nitrogens with two attached hydrogens (primary N) is 1. The van der Waals surface area contributed by atoms with Crippen molar-refractivity contribution in [3.05, 3.63) is 30.1 Å². The summed E-state index contributed by atoms with van der Waals surface area (Å²) in [5.41, 5.74) is 6.61. The van der Waals surface area contributed by atoms with Crippen LogP contribution in [0.3, 0.4) is 0 Å². The Morgan fingerprint density at radius 3 is 2.67 bits per heavy atom. The molecule has 1 atom stereocenters. The van der Waals surface area contributed by atoms with Crippen LogP contribution >= 0.6 is 37.0 Å². The van der Waals surface area contributed by atoms with E-state index in [4.69, 9.17) is 18.0 Å². The number of likely N-dealkylation sites (N-methyl/N-ethyl adjacent to an activating group) is 1. The van der Waals surface area contributed by atoms with Crippen LogP contribution in [0.15, 0.2) is 24.5 Å². The second kappa shape index (κ2) is 8.85. The summed E-state index contributed by atoms with van der Waals surface area (Å²) in [7, 11) is 0. The molecule has 3 N–H and O–H groups in total. The van der Waals surface area contributed by atoms with Gasteiger partial charge < -0.3 is 11.1 Å². The minimum atomic E-state index is -0.0614. The number of halogens is 2. The average Bonchev–Trinajstić information content (AvgIpc) is 2.15. The first-order valence-electron chi connectivity index (χ1n) is 4.18. The van der Waals surface area contributed by atoms with Crippen LogP contribution in [0.5, 0.6) is 0 Å². The zero-order valence-corrected chi connectivity index (χ0v) is 10.8. The summed E-state index contributed by atoms with van der Waals surface area (Å²) in [6.07, 6.45) is 3.50. The van der Waals surface area contributed by atoms with Gasteiger partial charge in [0, 0.05) is 12.4 Å². The molecular formula is C9H15Cl2N3S. The third-order valence-electron chi connectivity index (χ3n) is 1.71. The number of rotatable bonds is 4. The zero-order valence-electron chi connectivity index (χ0n) is 8.34. The highest BCUT2D eigenvalue weighted by molar-refractivity contribution is 7.80. The first-order valence-corrected chi connectivity index (χ1v) is 4.59. The van der Waals surface area contributed by atoms with Crippen molar-refractivity contribution in [3.63, 3.8) is 0 Å². The highest BCUT2D eigenvalue weighted by Crippen LogP contribution is 2.10. The summed E-state index contributed by atoms with van der Waals surface area (Å²) in [6, 6.07) is 3.77. The van der Waals surface area contributed by atoms with Crippen LogP contribution in [0.25, 0.3) is 0 Å². The number of aromatic nitrogens is 1. The molecule has 6 heteroatoms. The number of pyridine rings is 1. The molecule has 0 saturated heterocycles. The monoisotopic (exact) mass is 267 g/mol. The van der Waals surface area contributed by atoms with E-state index in [2.05, 4.69) is 10.3 Å². The van der Waals surface area contributed by atoms with Crippen molar-refractivity contribution in [2.45, 2.75) is 13.0 Å². The maximum atomic E-state index is 5.60. The van der Waals surface area contributed by atoms with E-state index in [0.29, 0.717) is 4.99 Å². The Balaban J connectivity index is 0. The molecule has 0 saturated carbocycles. The van der Waals surface area contributed by atoms with Crippen molar-refractivity contribution in [2.75, 3.05) is 6.54 Å². The summed E-state index contributed by atoms with van der Waals surface area (Å²) in [5, 5.41) is 3.19. The molecule has 0 spiro atoms. The molecule has 0 radical (unpaired) electrons. The molecule has 15 heavy (non-hydrogen) atoms. The molecule has 0 aliphatic carbocycles. The molecule has 0 aliphatic heterocycles. The van der Waals surface area contributed by atoms with Gasteiger partial charge in [-0.3, -0.25) is 4.98 Å². The Labute approximate surface area is 108 Å². The van der Waals surface area contributed by atoms with Gasteiger partial charge in [-0.2, -0.15) is 0 Å². The summed E-state index contributed by atoms with van der Waals surface area (Å²) >= 11 is 4.95. The lowest BCUT2D eigenvalue weighted by atomic mass is 10.1. The Morgan fingerprint density at radius 2 is 2.27 bits per heavy atom. The Kier molecular flexibility index (Phi) is 10.0. The second-order valence-electron chi connectivity index (χ2n) is 2.68. The van der Waals surface area contributed by atoms with Gasteiger partial charge in [0.15, 0.2) is 0 Å². The molecule has 3 nitrogen and oxygen atoms in total. The fourth-order valence-corrected chi connectivity index (χ4v) is 1.35.